The number of aryl methyl sites for hydroxylation is 1. The van der Waals surface area contributed by atoms with Gasteiger partial charge in [0.15, 0.2) is 0 Å². The zero-order valence-electron chi connectivity index (χ0n) is 13.4. The molecule has 3 rings (SSSR count). The molecular formula is C16H19ClN6. The van der Waals surface area contributed by atoms with Gasteiger partial charge in [-0.05, 0) is 32.6 Å². The normalized spacial score (nSPS) is 12.7. The molecular weight excluding hydrogens is 312 g/mol. The van der Waals surface area contributed by atoms with Crippen LogP contribution in [0, 0.1) is 6.92 Å². The fraction of sp³-hybridized carbons (Fsp3) is 0.312. The molecule has 0 radical (unpaired) electrons. The molecule has 0 saturated carbocycles. The average molecular weight is 331 g/mol. The van der Waals surface area contributed by atoms with Gasteiger partial charge in [0.05, 0.1) is 6.04 Å². The number of aromatic nitrogens is 4. The Morgan fingerprint density at radius 2 is 2.09 bits per heavy atom. The lowest BCUT2D eigenvalue weighted by Gasteiger charge is -2.26. The lowest BCUT2D eigenvalue weighted by atomic mass is 10.1. The summed E-state index contributed by atoms with van der Waals surface area (Å²) < 4.78 is 1.70. The van der Waals surface area contributed by atoms with Gasteiger partial charge in [-0.1, -0.05) is 29.8 Å². The van der Waals surface area contributed by atoms with E-state index < -0.39 is 0 Å². The van der Waals surface area contributed by atoms with E-state index in [0.717, 1.165) is 22.1 Å². The first-order valence-electron chi connectivity index (χ1n) is 7.38. The zero-order chi connectivity index (χ0) is 16.4. The van der Waals surface area contributed by atoms with E-state index in [1.54, 1.807) is 4.52 Å². The van der Waals surface area contributed by atoms with E-state index in [-0.39, 0.29) is 6.04 Å². The summed E-state index contributed by atoms with van der Waals surface area (Å²) in [5.41, 5.74) is 1.99. The highest BCUT2D eigenvalue weighted by atomic mass is 35.5. The molecule has 0 bridgehead atoms. The molecule has 0 spiro atoms. The Hall–Kier alpha value is -2.18. The molecule has 120 valence electrons. The number of anilines is 1. The fourth-order valence-electron chi connectivity index (χ4n) is 2.57. The van der Waals surface area contributed by atoms with Gasteiger partial charge in [0.2, 0.25) is 0 Å². The highest BCUT2D eigenvalue weighted by molar-refractivity contribution is 6.31. The predicted molar refractivity (Wildman–Crippen MR) is 91.9 cm³/mol. The summed E-state index contributed by atoms with van der Waals surface area (Å²) in [4.78, 5) is 10.6. The molecule has 2 heterocycles. The molecule has 0 aliphatic rings. The maximum absolute atomic E-state index is 6.36. The molecule has 0 aliphatic heterocycles. The van der Waals surface area contributed by atoms with Crippen LogP contribution in [-0.2, 0) is 0 Å². The van der Waals surface area contributed by atoms with Crippen LogP contribution in [0.3, 0.4) is 0 Å². The van der Waals surface area contributed by atoms with Gasteiger partial charge < -0.3 is 10.2 Å². The number of nitrogens with one attached hydrogen (secondary N) is 1. The van der Waals surface area contributed by atoms with E-state index in [4.69, 9.17) is 11.6 Å². The summed E-state index contributed by atoms with van der Waals surface area (Å²) in [6.45, 7) is 2.63. The summed E-state index contributed by atoms with van der Waals surface area (Å²) in [6, 6.07) is 10.0. The predicted octanol–water partition coefficient (Wildman–Crippen LogP) is 2.80. The second-order valence-electron chi connectivity index (χ2n) is 5.64. The number of benzene rings is 1. The molecule has 7 heteroatoms. The highest BCUT2D eigenvalue weighted by Crippen LogP contribution is 2.26. The lowest BCUT2D eigenvalue weighted by molar-refractivity contribution is 0.311. The van der Waals surface area contributed by atoms with Crippen LogP contribution in [0.1, 0.15) is 17.3 Å². The minimum Gasteiger partial charge on any atom is -0.368 e. The van der Waals surface area contributed by atoms with E-state index in [0.29, 0.717) is 12.3 Å². The Morgan fingerprint density at radius 3 is 2.83 bits per heavy atom. The van der Waals surface area contributed by atoms with Crippen molar-refractivity contribution in [2.24, 2.45) is 0 Å². The van der Waals surface area contributed by atoms with E-state index in [2.05, 4.69) is 31.3 Å². The molecule has 1 N–H and O–H groups in total. The van der Waals surface area contributed by atoms with Crippen LogP contribution in [0.4, 0.5) is 5.82 Å². The van der Waals surface area contributed by atoms with Gasteiger partial charge in [-0.2, -0.15) is 14.6 Å². The van der Waals surface area contributed by atoms with Crippen LogP contribution >= 0.6 is 11.6 Å². The first-order chi connectivity index (χ1) is 11.1. The fourth-order valence-corrected chi connectivity index (χ4v) is 2.84. The molecule has 23 heavy (non-hydrogen) atoms. The third-order valence-corrected chi connectivity index (χ3v) is 4.09. The van der Waals surface area contributed by atoms with Gasteiger partial charge >= 0.3 is 0 Å². The molecule has 3 aromatic rings. The van der Waals surface area contributed by atoms with Gasteiger partial charge in [0, 0.05) is 23.3 Å². The largest absolute Gasteiger partial charge is 0.368 e. The molecule has 0 amide bonds. The van der Waals surface area contributed by atoms with Crippen molar-refractivity contribution in [1.82, 2.24) is 24.5 Å². The minimum absolute atomic E-state index is 0.135. The Morgan fingerprint density at radius 1 is 1.30 bits per heavy atom. The number of nitrogens with zero attached hydrogens (tertiary/aromatic N) is 5. The van der Waals surface area contributed by atoms with Gasteiger partial charge in [-0.3, -0.25) is 0 Å². The number of halogens is 1. The van der Waals surface area contributed by atoms with Crippen LogP contribution in [-0.4, -0.2) is 45.1 Å². The number of likely N-dealkylation sites (N-methyl/N-ethyl adjacent to an activating group) is 1. The molecule has 0 fully saturated rings. The van der Waals surface area contributed by atoms with Gasteiger partial charge in [0.25, 0.3) is 5.78 Å². The van der Waals surface area contributed by atoms with Crippen molar-refractivity contribution in [2.45, 2.75) is 13.0 Å². The van der Waals surface area contributed by atoms with Gasteiger partial charge in [-0.25, -0.2) is 4.98 Å². The molecule has 1 aromatic carbocycles. The van der Waals surface area contributed by atoms with Crippen molar-refractivity contribution < 1.29 is 0 Å². The molecule has 0 saturated heterocycles. The first-order valence-corrected chi connectivity index (χ1v) is 7.76. The van der Waals surface area contributed by atoms with Crippen LogP contribution in [0.5, 0.6) is 0 Å². The van der Waals surface area contributed by atoms with Crippen LogP contribution in [0.15, 0.2) is 36.7 Å². The van der Waals surface area contributed by atoms with E-state index in [9.17, 15) is 0 Å². The van der Waals surface area contributed by atoms with Gasteiger partial charge in [-0.15, -0.1) is 0 Å². The maximum atomic E-state index is 6.36. The highest BCUT2D eigenvalue weighted by Gasteiger charge is 2.17. The summed E-state index contributed by atoms with van der Waals surface area (Å²) in [6.07, 6.45) is 1.50. The van der Waals surface area contributed by atoms with Crippen molar-refractivity contribution >= 4 is 23.2 Å². The van der Waals surface area contributed by atoms with Gasteiger partial charge in [0.1, 0.15) is 12.1 Å². The van der Waals surface area contributed by atoms with Crippen molar-refractivity contribution in [2.75, 3.05) is 26.0 Å². The summed E-state index contributed by atoms with van der Waals surface area (Å²) in [7, 11) is 4.08. The van der Waals surface area contributed by atoms with E-state index in [1.807, 2.05) is 45.3 Å². The number of hydrogen-bond donors (Lipinski definition) is 1. The summed E-state index contributed by atoms with van der Waals surface area (Å²) in [5.74, 6) is 1.45. The second kappa shape index (κ2) is 6.52. The minimum atomic E-state index is 0.135. The summed E-state index contributed by atoms with van der Waals surface area (Å²) in [5, 5.41) is 8.42. The molecule has 6 nitrogen and oxygen atoms in total. The Balaban J connectivity index is 1.87. The van der Waals surface area contributed by atoms with Crippen molar-refractivity contribution in [1.29, 1.82) is 0 Å². The Labute approximate surface area is 140 Å². The number of rotatable bonds is 5. The van der Waals surface area contributed by atoms with Crippen LogP contribution in [0.25, 0.3) is 5.78 Å². The monoisotopic (exact) mass is 330 g/mol. The first kappa shape index (κ1) is 15.7. The maximum Gasteiger partial charge on any atom is 0.254 e. The third-order valence-electron chi connectivity index (χ3n) is 3.74. The van der Waals surface area contributed by atoms with E-state index >= 15 is 0 Å². The topological polar surface area (TPSA) is 58.4 Å². The van der Waals surface area contributed by atoms with Crippen molar-refractivity contribution in [3.05, 3.63) is 52.9 Å². The summed E-state index contributed by atoms with van der Waals surface area (Å²) >= 11 is 6.36. The lowest BCUT2D eigenvalue weighted by Crippen LogP contribution is -2.27. The number of hydrogen-bond acceptors (Lipinski definition) is 5. The van der Waals surface area contributed by atoms with Crippen LogP contribution < -0.4 is 5.32 Å². The van der Waals surface area contributed by atoms with E-state index in [1.165, 1.54) is 6.33 Å². The standard InChI is InChI=1S/C16H19ClN6/c1-11-8-15(23-16(21-11)19-10-20-23)18-9-14(22(2)3)12-6-4-5-7-13(12)17/h4-8,10,14,18H,9H2,1-3H3/t14-/m0/s1. The van der Waals surface area contributed by atoms with Crippen molar-refractivity contribution in [3.8, 4) is 0 Å². The second-order valence-corrected chi connectivity index (χ2v) is 6.04. The molecule has 2 aromatic heterocycles. The third kappa shape index (κ3) is 3.28. The Kier molecular flexibility index (Phi) is 4.45. The average Bonchev–Trinajstić information content (AvgIpc) is 2.97. The smallest absolute Gasteiger partial charge is 0.254 e. The molecule has 0 aliphatic carbocycles. The van der Waals surface area contributed by atoms with Crippen LogP contribution in [0.2, 0.25) is 5.02 Å². The number of fused-ring (bicyclic) bond motifs is 1. The molecule has 1 atom stereocenters. The molecule has 0 unspecified atom stereocenters. The van der Waals surface area contributed by atoms with Crippen molar-refractivity contribution in [3.63, 3.8) is 0 Å². The SMILES string of the molecule is Cc1cc(NC[C@@H](c2ccccc2Cl)N(C)C)n2ncnc2n1. The Bertz CT molecular complexity index is 813. The quantitative estimate of drug-likeness (QED) is 0.779. The zero-order valence-corrected chi connectivity index (χ0v) is 14.1.